The molecule has 0 aliphatic carbocycles. The lowest BCUT2D eigenvalue weighted by Crippen LogP contribution is -2.57. The van der Waals surface area contributed by atoms with E-state index in [0.717, 1.165) is 24.0 Å². The van der Waals surface area contributed by atoms with E-state index in [2.05, 4.69) is 10.3 Å². The molecule has 47 heavy (non-hydrogen) atoms. The molecule has 6 amide bonds. The minimum absolute atomic E-state index is 0.0567. The molecular weight excluding hydrogens is 620 g/mol. The van der Waals surface area contributed by atoms with Crippen molar-refractivity contribution >= 4 is 41.0 Å². The van der Waals surface area contributed by atoms with E-state index >= 15 is 0 Å². The van der Waals surface area contributed by atoms with Gasteiger partial charge < -0.3 is 24.8 Å². The van der Waals surface area contributed by atoms with Gasteiger partial charge in [0.05, 0.1) is 42.0 Å². The predicted molar refractivity (Wildman–Crippen MR) is 172 cm³/mol. The first-order chi connectivity index (χ1) is 22.9. The molecule has 0 bridgehead atoms. The van der Waals surface area contributed by atoms with Crippen LogP contribution in [0.1, 0.15) is 73.2 Å². The van der Waals surface area contributed by atoms with Crippen LogP contribution in [0, 0.1) is 0 Å². The van der Waals surface area contributed by atoms with E-state index in [4.69, 9.17) is 4.74 Å². The lowest BCUT2D eigenvalue weighted by atomic mass is 9.89. The Kier molecular flexibility index (Phi) is 8.39. The van der Waals surface area contributed by atoms with Crippen LogP contribution in [0.25, 0.3) is 0 Å². The third-order valence-electron chi connectivity index (χ3n) is 9.64. The number of piperidine rings is 1. The van der Waals surface area contributed by atoms with Crippen LogP contribution in [0.2, 0.25) is 0 Å². The fourth-order valence-electron chi connectivity index (χ4n) is 7.30. The Morgan fingerprint density at radius 2 is 1.74 bits per heavy atom. The zero-order valence-electron chi connectivity index (χ0n) is 26.1. The summed E-state index contributed by atoms with van der Waals surface area (Å²) in [5.74, 6) is -0.535. The van der Waals surface area contributed by atoms with Crippen molar-refractivity contribution in [2.45, 2.75) is 50.3 Å². The lowest BCUT2D eigenvalue weighted by Gasteiger charge is -2.44. The molecule has 244 valence electrons. The van der Waals surface area contributed by atoms with Crippen LogP contribution in [0.5, 0.6) is 5.75 Å². The van der Waals surface area contributed by atoms with Crippen molar-refractivity contribution in [3.05, 3.63) is 81.3 Å². The van der Waals surface area contributed by atoms with Crippen LogP contribution in [-0.2, 0) is 11.2 Å². The minimum atomic E-state index is -0.700. The maximum Gasteiger partial charge on any atom is 0.317 e. The highest BCUT2D eigenvalue weighted by atomic mass is 32.1. The second-order valence-corrected chi connectivity index (χ2v) is 13.2. The number of ether oxygens (including phenoxy) is 1. The van der Waals surface area contributed by atoms with Gasteiger partial charge in [0.1, 0.15) is 22.8 Å². The second-order valence-electron chi connectivity index (χ2n) is 12.3. The number of hydrogen-bond acceptors (Lipinski definition) is 8. The molecule has 2 aromatic carbocycles. The van der Waals surface area contributed by atoms with Gasteiger partial charge in [-0.3, -0.25) is 29.1 Å². The second kappa shape index (κ2) is 12.8. The Morgan fingerprint density at radius 3 is 2.47 bits per heavy atom. The van der Waals surface area contributed by atoms with Crippen LogP contribution >= 0.6 is 11.3 Å². The molecule has 0 radical (unpaired) electrons. The molecule has 1 N–H and O–H groups in total. The summed E-state index contributed by atoms with van der Waals surface area (Å²) in [6.45, 7) is 1.71. The fraction of sp³-hybridized carbons (Fsp3) is 0.412. The highest BCUT2D eigenvalue weighted by molar-refractivity contribution is 7.11. The summed E-state index contributed by atoms with van der Waals surface area (Å²) in [5.41, 5.74) is 4.03. The molecule has 5 heterocycles. The third-order valence-corrected chi connectivity index (χ3v) is 10.4. The van der Waals surface area contributed by atoms with Gasteiger partial charge in [-0.25, -0.2) is 4.79 Å². The van der Waals surface area contributed by atoms with Crippen LogP contribution in [0.15, 0.2) is 54.2 Å². The maximum absolute atomic E-state index is 14.5. The van der Waals surface area contributed by atoms with Crippen LogP contribution < -0.4 is 10.1 Å². The number of carbonyl (C=O) groups is 5. The molecule has 12 nitrogen and oxygen atoms in total. The summed E-state index contributed by atoms with van der Waals surface area (Å²) >= 11 is 1.30. The first-order valence-electron chi connectivity index (χ1n) is 16.1. The van der Waals surface area contributed by atoms with Gasteiger partial charge in [-0.1, -0.05) is 24.3 Å². The van der Waals surface area contributed by atoms with Crippen molar-refractivity contribution in [3.8, 4) is 5.75 Å². The zero-order valence-corrected chi connectivity index (χ0v) is 26.9. The molecule has 2 unspecified atom stereocenters. The zero-order chi connectivity index (χ0) is 32.7. The van der Waals surface area contributed by atoms with Gasteiger partial charge >= 0.3 is 6.03 Å². The normalized spacial score (nSPS) is 22.3. The molecule has 4 aliphatic heterocycles. The van der Waals surface area contributed by atoms with Crippen molar-refractivity contribution in [2.24, 2.45) is 0 Å². The Morgan fingerprint density at radius 1 is 0.957 bits per heavy atom. The summed E-state index contributed by atoms with van der Waals surface area (Å²) in [6.07, 6.45) is 4.60. The quantitative estimate of drug-likeness (QED) is 0.403. The summed E-state index contributed by atoms with van der Waals surface area (Å²) in [5, 5.41) is 2.67. The Balaban J connectivity index is 1.22. The van der Waals surface area contributed by atoms with E-state index in [1.165, 1.54) is 16.2 Å². The minimum Gasteiger partial charge on any atom is -0.488 e. The van der Waals surface area contributed by atoms with Gasteiger partial charge in [-0.05, 0) is 49.4 Å². The summed E-state index contributed by atoms with van der Waals surface area (Å²) in [7, 11) is 1.55. The van der Waals surface area contributed by atoms with Gasteiger partial charge in [0.25, 0.3) is 17.7 Å². The van der Waals surface area contributed by atoms with Gasteiger partial charge in [0, 0.05) is 38.7 Å². The third kappa shape index (κ3) is 5.62. The number of thiazole rings is 1. The summed E-state index contributed by atoms with van der Waals surface area (Å²) < 4.78 is 6.63. The number of imide groups is 1. The van der Waals surface area contributed by atoms with Crippen molar-refractivity contribution < 1.29 is 28.7 Å². The topological polar surface area (TPSA) is 132 Å². The van der Waals surface area contributed by atoms with Crippen molar-refractivity contribution in [1.82, 2.24) is 29.9 Å². The number of carbonyl (C=O) groups excluding carboxylic acids is 5. The highest BCUT2D eigenvalue weighted by Crippen LogP contribution is 2.40. The molecule has 3 atom stereocenters. The molecule has 2 saturated heterocycles. The van der Waals surface area contributed by atoms with Gasteiger partial charge in [-0.2, -0.15) is 0 Å². The van der Waals surface area contributed by atoms with E-state index in [0.29, 0.717) is 67.2 Å². The average molecular weight is 657 g/mol. The number of nitrogens with one attached hydrogen (secondary N) is 1. The first-order valence-corrected chi connectivity index (χ1v) is 16.9. The maximum atomic E-state index is 14.5. The van der Waals surface area contributed by atoms with Crippen LogP contribution in [0.3, 0.4) is 0 Å². The largest absolute Gasteiger partial charge is 0.488 e. The fourth-order valence-corrected chi connectivity index (χ4v) is 7.89. The Hall–Kier alpha value is -4.78. The van der Waals surface area contributed by atoms with Crippen LogP contribution in [0.4, 0.5) is 4.79 Å². The number of benzene rings is 2. The number of rotatable bonds is 6. The smallest absolute Gasteiger partial charge is 0.317 e. The van der Waals surface area contributed by atoms with Crippen molar-refractivity contribution in [2.75, 3.05) is 39.8 Å². The van der Waals surface area contributed by atoms with E-state index in [1.54, 1.807) is 57.7 Å². The number of fused-ring (bicyclic) bond motifs is 2. The summed E-state index contributed by atoms with van der Waals surface area (Å²) in [4.78, 5) is 78.4. The molecule has 0 spiro atoms. The van der Waals surface area contributed by atoms with Gasteiger partial charge in [0.2, 0.25) is 5.91 Å². The lowest BCUT2D eigenvalue weighted by molar-refractivity contribution is -0.140. The summed E-state index contributed by atoms with van der Waals surface area (Å²) in [6, 6.07) is 10.8. The van der Waals surface area contributed by atoms with E-state index in [9.17, 15) is 24.0 Å². The highest BCUT2D eigenvalue weighted by Gasteiger charge is 2.44. The molecule has 3 aromatic rings. The van der Waals surface area contributed by atoms with Gasteiger partial charge in [-0.15, -0.1) is 11.3 Å². The Labute approximate surface area is 276 Å². The first kappa shape index (κ1) is 30.9. The molecule has 7 rings (SSSR count). The SMILES string of the molecule is CNC(=O)N1CCCCC1C(=O)N1CCc2cccc(OC3CCN(C(=O)c4cncs4)C3)c2[C@H]1CN1C(=O)c2ccccc2C1=O. The average Bonchev–Trinajstić information content (AvgIpc) is 3.86. The Bertz CT molecular complexity index is 1690. The molecule has 2 fully saturated rings. The molecular formula is C34H36N6O6S. The van der Waals surface area contributed by atoms with Crippen molar-refractivity contribution in [3.63, 3.8) is 0 Å². The molecule has 4 aliphatic rings. The number of amides is 6. The van der Waals surface area contributed by atoms with Crippen molar-refractivity contribution in [1.29, 1.82) is 0 Å². The predicted octanol–water partition coefficient (Wildman–Crippen LogP) is 3.35. The van der Waals surface area contributed by atoms with Crippen LogP contribution in [-0.4, -0.2) is 106 Å². The van der Waals surface area contributed by atoms with E-state index < -0.39 is 23.9 Å². The number of likely N-dealkylation sites (tertiary alicyclic amines) is 2. The van der Waals surface area contributed by atoms with E-state index in [-0.39, 0.29) is 30.5 Å². The molecule has 13 heteroatoms. The van der Waals surface area contributed by atoms with Gasteiger partial charge in [0.15, 0.2) is 0 Å². The number of urea groups is 1. The monoisotopic (exact) mass is 656 g/mol. The number of nitrogens with zero attached hydrogens (tertiary/aromatic N) is 5. The van der Waals surface area contributed by atoms with E-state index in [1.807, 2.05) is 18.2 Å². The number of aromatic nitrogens is 1. The number of hydrogen-bond donors (Lipinski definition) is 1. The standard InChI is InChI=1S/C34H36N6O6S/c1-35-34(45)39-14-5-4-10-25(39)32(43)38-16-12-21-7-6-11-27(46-22-13-15-37(18-22)33(44)28-17-36-20-47-28)29(21)26(38)19-40-30(41)23-8-2-3-9-24(23)31(40)42/h2-3,6-9,11,17,20,22,25-26H,4-5,10,12-16,18-19H2,1H3,(H,35,45)/t22?,25?,26-/m1/s1. The molecule has 1 aromatic heterocycles. The molecule has 0 saturated carbocycles.